The van der Waals surface area contributed by atoms with Gasteiger partial charge >= 0.3 is 5.97 Å². The molecule has 0 saturated carbocycles. The smallest absolute Gasteiger partial charge is 0.338 e. The van der Waals surface area contributed by atoms with E-state index in [0.29, 0.717) is 23.7 Å². The molecule has 30 heavy (non-hydrogen) atoms. The first-order valence-corrected chi connectivity index (χ1v) is 10.1. The number of nitrogens with zero attached hydrogens (tertiary/aromatic N) is 3. The van der Waals surface area contributed by atoms with E-state index in [1.54, 1.807) is 47.0 Å². The Hall–Kier alpha value is -3.16. The number of esters is 1. The van der Waals surface area contributed by atoms with E-state index in [2.05, 4.69) is 18.9 Å². The summed E-state index contributed by atoms with van der Waals surface area (Å²) in [5.41, 5.74) is 7.14. The van der Waals surface area contributed by atoms with Gasteiger partial charge in [-0.1, -0.05) is 32.0 Å². The van der Waals surface area contributed by atoms with Gasteiger partial charge in [-0.3, -0.25) is 14.3 Å². The number of ether oxygens (including phenoxy) is 1. The average Bonchev–Trinajstić information content (AvgIpc) is 3.24. The predicted octanol–water partition coefficient (Wildman–Crippen LogP) is 1.79. The van der Waals surface area contributed by atoms with Crippen LogP contribution in [0.5, 0.6) is 0 Å². The van der Waals surface area contributed by atoms with Crippen LogP contribution in [0, 0.1) is 11.8 Å². The number of benzene rings is 1. The molecular weight excluding hydrogens is 384 g/mol. The molecule has 0 bridgehead atoms. The van der Waals surface area contributed by atoms with E-state index in [-0.39, 0.29) is 24.8 Å². The second-order valence-corrected chi connectivity index (χ2v) is 8.19. The number of likely N-dealkylation sites (tertiary alicyclic amines) is 1. The molecule has 3 rings (SSSR count). The fourth-order valence-corrected chi connectivity index (χ4v) is 3.78. The lowest BCUT2D eigenvalue weighted by atomic mass is 10.0. The predicted molar refractivity (Wildman–Crippen MR) is 111 cm³/mol. The zero-order valence-corrected chi connectivity index (χ0v) is 17.6. The van der Waals surface area contributed by atoms with Crippen LogP contribution in [-0.4, -0.2) is 51.7 Å². The average molecular weight is 412 g/mol. The molecule has 1 aromatic carbocycles. The number of carbonyl (C=O) groups is 3. The summed E-state index contributed by atoms with van der Waals surface area (Å²) in [5, 5.41) is 4.43. The number of hydrogen-bond acceptors (Lipinski definition) is 5. The third-order valence-electron chi connectivity index (χ3n) is 5.17. The van der Waals surface area contributed by atoms with Gasteiger partial charge in [-0.2, -0.15) is 5.10 Å². The highest BCUT2D eigenvalue weighted by molar-refractivity contribution is 5.93. The number of aryl methyl sites for hydroxylation is 1. The summed E-state index contributed by atoms with van der Waals surface area (Å²) in [5.74, 6) is -1.09. The van der Waals surface area contributed by atoms with Crippen molar-refractivity contribution in [2.75, 3.05) is 13.1 Å². The van der Waals surface area contributed by atoms with Crippen LogP contribution in [-0.2, 0) is 23.0 Å². The zero-order valence-electron chi connectivity index (χ0n) is 17.6. The number of rotatable bonds is 7. The molecule has 0 spiro atoms. The van der Waals surface area contributed by atoms with E-state index in [1.165, 1.54) is 0 Å². The molecule has 2 N–H and O–H groups in total. The number of primary amides is 1. The molecule has 1 aromatic heterocycles. The minimum Gasteiger partial charge on any atom is -0.457 e. The van der Waals surface area contributed by atoms with Crippen LogP contribution in [0.25, 0.3) is 0 Å². The van der Waals surface area contributed by atoms with Crippen molar-refractivity contribution in [3.8, 4) is 0 Å². The van der Waals surface area contributed by atoms with Gasteiger partial charge in [-0.05, 0) is 30.5 Å². The van der Waals surface area contributed by atoms with Gasteiger partial charge in [0.15, 0.2) is 0 Å². The summed E-state index contributed by atoms with van der Waals surface area (Å²) < 4.78 is 7.23. The highest BCUT2D eigenvalue weighted by Gasteiger charge is 2.39. The number of aromatic nitrogens is 2. The summed E-state index contributed by atoms with van der Waals surface area (Å²) >= 11 is 0. The highest BCUT2D eigenvalue weighted by Crippen LogP contribution is 2.26. The first-order valence-electron chi connectivity index (χ1n) is 10.1. The lowest BCUT2D eigenvalue weighted by molar-refractivity contribution is -0.119. The molecule has 2 aromatic rings. The molecule has 160 valence electrons. The van der Waals surface area contributed by atoms with Crippen LogP contribution in [0.2, 0.25) is 0 Å². The maximum absolute atomic E-state index is 13.1. The van der Waals surface area contributed by atoms with Crippen LogP contribution < -0.4 is 5.73 Å². The van der Waals surface area contributed by atoms with E-state index in [0.717, 1.165) is 12.1 Å². The molecule has 1 fully saturated rings. The summed E-state index contributed by atoms with van der Waals surface area (Å²) in [6.07, 6.45) is 0.223. The summed E-state index contributed by atoms with van der Waals surface area (Å²) in [6, 6.07) is 10.4. The van der Waals surface area contributed by atoms with E-state index in [9.17, 15) is 14.4 Å². The molecule has 1 saturated heterocycles. The van der Waals surface area contributed by atoms with Crippen molar-refractivity contribution < 1.29 is 19.1 Å². The molecule has 2 amide bonds. The standard InChI is InChI=1S/C22H28N4O4/c1-14(2)9-17-11-18(25(3)24-17)21(28)26-12-16(10-20(23)27)19(13-26)30-22(29)15-7-5-4-6-8-15/h4-8,11,14,16,19H,9-10,12-13H2,1-3H3,(H2,23,27)/t16-,19+/m0/s1. The molecule has 8 heteroatoms. The maximum Gasteiger partial charge on any atom is 0.338 e. The van der Waals surface area contributed by atoms with Gasteiger partial charge in [0.05, 0.1) is 17.8 Å². The fraction of sp³-hybridized carbons (Fsp3) is 0.455. The van der Waals surface area contributed by atoms with Crippen LogP contribution in [0.3, 0.4) is 0 Å². The first-order chi connectivity index (χ1) is 14.2. The van der Waals surface area contributed by atoms with Crippen LogP contribution >= 0.6 is 0 Å². The minimum atomic E-state index is -0.600. The zero-order chi connectivity index (χ0) is 21.8. The minimum absolute atomic E-state index is 0.0422. The lowest BCUT2D eigenvalue weighted by Gasteiger charge is -2.17. The molecule has 2 heterocycles. The quantitative estimate of drug-likeness (QED) is 0.698. The van der Waals surface area contributed by atoms with E-state index < -0.39 is 18.0 Å². The Bertz CT molecular complexity index is 922. The van der Waals surface area contributed by atoms with Gasteiger partial charge in [0.25, 0.3) is 5.91 Å². The third-order valence-corrected chi connectivity index (χ3v) is 5.17. The Labute approximate surface area is 176 Å². The fourth-order valence-electron chi connectivity index (χ4n) is 3.78. The van der Waals surface area contributed by atoms with Gasteiger partial charge in [-0.25, -0.2) is 4.79 Å². The van der Waals surface area contributed by atoms with Crippen molar-refractivity contribution in [2.45, 2.75) is 32.8 Å². The van der Waals surface area contributed by atoms with Crippen molar-refractivity contribution in [2.24, 2.45) is 24.6 Å². The van der Waals surface area contributed by atoms with Crippen LogP contribution in [0.1, 0.15) is 46.8 Å². The summed E-state index contributed by atoms with van der Waals surface area (Å²) in [4.78, 5) is 38.7. The summed E-state index contributed by atoms with van der Waals surface area (Å²) in [6.45, 7) is 4.69. The Morgan fingerprint density at radius 1 is 1.20 bits per heavy atom. The normalized spacial score (nSPS) is 18.6. The Morgan fingerprint density at radius 2 is 1.90 bits per heavy atom. The van der Waals surface area contributed by atoms with E-state index in [4.69, 9.17) is 10.5 Å². The van der Waals surface area contributed by atoms with Crippen molar-refractivity contribution in [3.05, 3.63) is 53.3 Å². The van der Waals surface area contributed by atoms with Gasteiger partial charge in [0, 0.05) is 25.9 Å². The van der Waals surface area contributed by atoms with Gasteiger partial charge in [-0.15, -0.1) is 0 Å². The summed E-state index contributed by atoms with van der Waals surface area (Å²) in [7, 11) is 1.74. The maximum atomic E-state index is 13.1. The molecule has 0 radical (unpaired) electrons. The molecule has 0 unspecified atom stereocenters. The SMILES string of the molecule is CC(C)Cc1cc(C(=O)N2C[C@H](CC(N)=O)[C@H](OC(=O)c3ccccc3)C2)n(C)n1. The molecule has 0 aliphatic carbocycles. The van der Waals surface area contributed by atoms with Crippen molar-refractivity contribution in [1.82, 2.24) is 14.7 Å². The largest absolute Gasteiger partial charge is 0.457 e. The number of carbonyl (C=O) groups excluding carboxylic acids is 3. The topological polar surface area (TPSA) is 108 Å². The van der Waals surface area contributed by atoms with Crippen LogP contribution in [0.15, 0.2) is 36.4 Å². The second kappa shape index (κ2) is 9.11. The van der Waals surface area contributed by atoms with Gasteiger partial charge < -0.3 is 15.4 Å². The van der Waals surface area contributed by atoms with Gasteiger partial charge in [0.1, 0.15) is 11.8 Å². The van der Waals surface area contributed by atoms with Crippen LogP contribution in [0.4, 0.5) is 0 Å². The Kier molecular flexibility index (Phi) is 6.54. The molecular formula is C22H28N4O4. The number of nitrogens with two attached hydrogens (primary N) is 1. The number of amides is 2. The molecule has 8 nitrogen and oxygen atoms in total. The first kappa shape index (κ1) is 21.5. The van der Waals surface area contributed by atoms with Crippen molar-refractivity contribution in [3.63, 3.8) is 0 Å². The number of hydrogen-bond donors (Lipinski definition) is 1. The second-order valence-electron chi connectivity index (χ2n) is 8.19. The Morgan fingerprint density at radius 3 is 2.53 bits per heavy atom. The Balaban J connectivity index is 1.75. The van der Waals surface area contributed by atoms with Gasteiger partial charge in [0.2, 0.25) is 5.91 Å². The molecule has 1 aliphatic rings. The van der Waals surface area contributed by atoms with E-state index in [1.807, 2.05) is 6.07 Å². The highest BCUT2D eigenvalue weighted by atomic mass is 16.5. The molecule has 1 aliphatic heterocycles. The van der Waals surface area contributed by atoms with Crippen molar-refractivity contribution in [1.29, 1.82) is 0 Å². The monoisotopic (exact) mass is 412 g/mol. The third kappa shape index (κ3) is 5.06. The lowest BCUT2D eigenvalue weighted by Crippen LogP contribution is -2.32. The van der Waals surface area contributed by atoms with Crippen molar-refractivity contribution >= 4 is 17.8 Å². The molecule has 2 atom stereocenters. The van der Waals surface area contributed by atoms with E-state index >= 15 is 0 Å².